The van der Waals surface area contributed by atoms with Gasteiger partial charge in [-0.2, -0.15) is 13.2 Å². The highest BCUT2D eigenvalue weighted by atomic mass is 19.4. The number of rotatable bonds is 2. The number of carbonyl (C=O) groups excluding carboxylic acids is 1. The molecule has 7 heteroatoms. The van der Waals surface area contributed by atoms with Gasteiger partial charge >= 0.3 is 12.1 Å². The van der Waals surface area contributed by atoms with E-state index in [1.165, 1.54) is 6.92 Å². The molecule has 0 saturated heterocycles. The van der Waals surface area contributed by atoms with Crippen molar-refractivity contribution in [3.63, 3.8) is 0 Å². The van der Waals surface area contributed by atoms with Crippen LogP contribution in [0.2, 0.25) is 0 Å². The van der Waals surface area contributed by atoms with E-state index in [9.17, 15) is 18.0 Å². The van der Waals surface area contributed by atoms with E-state index in [-0.39, 0.29) is 12.3 Å². The highest BCUT2D eigenvalue weighted by molar-refractivity contribution is 5.96. The Morgan fingerprint density at radius 3 is 2.62 bits per heavy atom. The van der Waals surface area contributed by atoms with Crippen LogP contribution in [0, 0.1) is 0 Å². The van der Waals surface area contributed by atoms with E-state index in [0.29, 0.717) is 6.20 Å². The maximum atomic E-state index is 12.5. The number of nitrogens with two attached hydrogens (primary N) is 1. The van der Waals surface area contributed by atoms with Crippen LogP contribution in [0.1, 0.15) is 22.8 Å². The van der Waals surface area contributed by atoms with Crippen LogP contribution >= 0.6 is 0 Å². The van der Waals surface area contributed by atoms with Crippen LogP contribution in [0.5, 0.6) is 0 Å². The van der Waals surface area contributed by atoms with Crippen LogP contribution in [-0.2, 0) is 10.9 Å². The lowest BCUT2D eigenvalue weighted by Gasteiger charge is -2.12. The fraction of sp³-hybridized carbons (Fsp3) is 0.333. The standard InChI is InChI=1S/C9H9F3N2O2/c1-2-16-8(15)7-5(9(10,11)12)3-14-4-6(7)13/h3-4H,2,13H2,1H3. The van der Waals surface area contributed by atoms with Gasteiger partial charge < -0.3 is 10.5 Å². The van der Waals surface area contributed by atoms with Crippen molar-refractivity contribution in [3.8, 4) is 0 Å². The first-order valence-corrected chi connectivity index (χ1v) is 4.35. The Hall–Kier alpha value is -1.79. The molecule has 0 bridgehead atoms. The molecule has 16 heavy (non-hydrogen) atoms. The monoisotopic (exact) mass is 234 g/mol. The number of hydrogen-bond acceptors (Lipinski definition) is 4. The van der Waals surface area contributed by atoms with Gasteiger partial charge in [0.15, 0.2) is 0 Å². The first-order valence-electron chi connectivity index (χ1n) is 4.35. The highest BCUT2D eigenvalue weighted by Gasteiger charge is 2.37. The molecule has 1 heterocycles. The molecule has 1 aromatic rings. The zero-order valence-electron chi connectivity index (χ0n) is 8.34. The Morgan fingerprint density at radius 1 is 1.50 bits per heavy atom. The number of alkyl halides is 3. The van der Waals surface area contributed by atoms with E-state index in [1.807, 2.05) is 0 Å². The molecule has 0 radical (unpaired) electrons. The average Bonchev–Trinajstić information content (AvgIpc) is 2.16. The van der Waals surface area contributed by atoms with Crippen molar-refractivity contribution in [1.82, 2.24) is 4.98 Å². The van der Waals surface area contributed by atoms with Crippen LogP contribution in [0.3, 0.4) is 0 Å². The van der Waals surface area contributed by atoms with Gasteiger partial charge in [0, 0.05) is 6.20 Å². The van der Waals surface area contributed by atoms with E-state index < -0.39 is 23.3 Å². The highest BCUT2D eigenvalue weighted by Crippen LogP contribution is 2.33. The third kappa shape index (κ3) is 2.41. The van der Waals surface area contributed by atoms with Crippen molar-refractivity contribution in [3.05, 3.63) is 23.5 Å². The largest absolute Gasteiger partial charge is 0.462 e. The van der Waals surface area contributed by atoms with Crippen LogP contribution in [0.25, 0.3) is 0 Å². The van der Waals surface area contributed by atoms with E-state index in [2.05, 4.69) is 9.72 Å². The molecule has 1 rings (SSSR count). The summed E-state index contributed by atoms with van der Waals surface area (Å²) in [6.07, 6.45) is -3.17. The van der Waals surface area contributed by atoms with Crippen molar-refractivity contribution in [2.24, 2.45) is 0 Å². The second kappa shape index (κ2) is 4.38. The molecule has 2 N–H and O–H groups in total. The van der Waals surface area contributed by atoms with Crippen molar-refractivity contribution in [2.45, 2.75) is 13.1 Å². The number of halogens is 3. The number of carbonyl (C=O) groups is 1. The maximum absolute atomic E-state index is 12.5. The summed E-state index contributed by atoms with van der Waals surface area (Å²) in [5.41, 5.74) is 3.05. The number of nitrogen functional groups attached to an aromatic ring is 1. The normalized spacial score (nSPS) is 11.2. The van der Waals surface area contributed by atoms with Crippen LogP contribution in [0.4, 0.5) is 18.9 Å². The van der Waals surface area contributed by atoms with Gasteiger partial charge in [-0.1, -0.05) is 0 Å². The Labute approximate surface area is 89.2 Å². The predicted octanol–water partition coefficient (Wildman–Crippen LogP) is 1.86. The average molecular weight is 234 g/mol. The predicted molar refractivity (Wildman–Crippen MR) is 49.6 cm³/mol. The number of ether oxygens (including phenoxy) is 1. The van der Waals surface area contributed by atoms with Gasteiger partial charge in [-0.15, -0.1) is 0 Å². The lowest BCUT2D eigenvalue weighted by atomic mass is 10.1. The van der Waals surface area contributed by atoms with Crippen molar-refractivity contribution in [1.29, 1.82) is 0 Å². The number of esters is 1. The number of hydrogen-bond donors (Lipinski definition) is 1. The summed E-state index contributed by atoms with van der Waals surface area (Å²) in [6, 6.07) is 0. The van der Waals surface area contributed by atoms with Crippen molar-refractivity contribution < 1.29 is 22.7 Å². The van der Waals surface area contributed by atoms with Crippen LogP contribution in [-0.4, -0.2) is 17.6 Å². The minimum absolute atomic E-state index is 0.0299. The summed E-state index contributed by atoms with van der Waals surface area (Å²) in [5.74, 6) is -1.10. The van der Waals surface area contributed by atoms with Gasteiger partial charge in [0.2, 0.25) is 0 Å². The molecule has 0 aliphatic carbocycles. The topological polar surface area (TPSA) is 65.2 Å². The van der Waals surface area contributed by atoms with Crippen LogP contribution < -0.4 is 5.73 Å². The van der Waals surface area contributed by atoms with E-state index in [1.54, 1.807) is 0 Å². The van der Waals surface area contributed by atoms with Gasteiger partial charge in [0.1, 0.15) is 0 Å². The Kier molecular flexibility index (Phi) is 3.36. The summed E-state index contributed by atoms with van der Waals surface area (Å²) < 4.78 is 42.1. The molecule has 4 nitrogen and oxygen atoms in total. The molecule has 0 saturated carbocycles. The summed E-state index contributed by atoms with van der Waals surface area (Å²) in [4.78, 5) is 14.6. The molecule has 0 aromatic carbocycles. The summed E-state index contributed by atoms with van der Waals surface area (Å²) in [6.45, 7) is 1.46. The first kappa shape index (κ1) is 12.3. The lowest BCUT2D eigenvalue weighted by molar-refractivity contribution is -0.138. The third-order valence-corrected chi connectivity index (χ3v) is 1.76. The molecule has 0 fully saturated rings. The molecule has 1 aromatic heterocycles. The molecule has 0 amide bonds. The Bertz CT molecular complexity index is 404. The SMILES string of the molecule is CCOC(=O)c1c(N)cncc1C(F)(F)F. The number of nitrogens with zero attached hydrogens (tertiary/aromatic N) is 1. The zero-order valence-corrected chi connectivity index (χ0v) is 8.34. The summed E-state index contributed by atoms with van der Waals surface area (Å²) in [7, 11) is 0. The molecule has 0 unspecified atom stereocenters. The zero-order chi connectivity index (χ0) is 12.3. The first-order chi connectivity index (χ1) is 7.38. The fourth-order valence-electron chi connectivity index (χ4n) is 1.12. The quantitative estimate of drug-likeness (QED) is 0.793. The minimum atomic E-state index is -4.69. The number of pyridine rings is 1. The van der Waals surface area contributed by atoms with Crippen molar-refractivity contribution in [2.75, 3.05) is 12.3 Å². The second-order valence-corrected chi connectivity index (χ2v) is 2.87. The summed E-state index contributed by atoms with van der Waals surface area (Å²) in [5, 5.41) is 0. The third-order valence-electron chi connectivity index (χ3n) is 1.76. The molecule has 0 aliphatic heterocycles. The molecule has 88 valence electrons. The van der Waals surface area contributed by atoms with Gasteiger partial charge in [-0.25, -0.2) is 4.79 Å². The van der Waals surface area contributed by atoms with Gasteiger partial charge in [0.05, 0.1) is 29.6 Å². The van der Waals surface area contributed by atoms with E-state index >= 15 is 0 Å². The van der Waals surface area contributed by atoms with Gasteiger partial charge in [-0.05, 0) is 6.92 Å². The van der Waals surface area contributed by atoms with Crippen LogP contribution in [0.15, 0.2) is 12.4 Å². The summed E-state index contributed by atoms with van der Waals surface area (Å²) >= 11 is 0. The molecule has 0 aliphatic rings. The van der Waals surface area contributed by atoms with E-state index in [0.717, 1.165) is 6.20 Å². The number of anilines is 1. The molecular weight excluding hydrogens is 225 g/mol. The minimum Gasteiger partial charge on any atom is -0.462 e. The molecular formula is C9H9F3N2O2. The Balaban J connectivity index is 3.30. The smallest absolute Gasteiger partial charge is 0.418 e. The van der Waals surface area contributed by atoms with E-state index in [4.69, 9.17) is 5.73 Å². The molecule has 0 atom stereocenters. The number of aromatic nitrogens is 1. The maximum Gasteiger partial charge on any atom is 0.418 e. The van der Waals surface area contributed by atoms with Gasteiger partial charge in [0.25, 0.3) is 0 Å². The van der Waals surface area contributed by atoms with Crippen molar-refractivity contribution >= 4 is 11.7 Å². The Morgan fingerprint density at radius 2 is 2.12 bits per heavy atom. The fourth-order valence-corrected chi connectivity index (χ4v) is 1.12. The lowest BCUT2D eigenvalue weighted by Crippen LogP contribution is -2.17. The second-order valence-electron chi connectivity index (χ2n) is 2.87. The van der Waals surface area contributed by atoms with Gasteiger partial charge in [-0.3, -0.25) is 4.98 Å². The molecule has 0 spiro atoms.